The zero-order valence-electron chi connectivity index (χ0n) is 18.5. The average molecular weight is 445 g/mol. The highest BCUT2D eigenvalue weighted by molar-refractivity contribution is 6.09. The Hall–Kier alpha value is -3.81. The molecule has 3 aromatic rings. The molecule has 33 heavy (non-hydrogen) atoms. The van der Waals surface area contributed by atoms with Crippen molar-refractivity contribution in [3.05, 3.63) is 77.6 Å². The average Bonchev–Trinajstić information content (AvgIpc) is 3.55. The topological polar surface area (TPSA) is 93.6 Å². The van der Waals surface area contributed by atoms with Gasteiger partial charge in [-0.05, 0) is 55.2 Å². The van der Waals surface area contributed by atoms with E-state index in [-0.39, 0.29) is 23.6 Å². The van der Waals surface area contributed by atoms with Gasteiger partial charge in [-0.1, -0.05) is 18.2 Å². The number of nitrogens with zero attached hydrogens (tertiary/aromatic N) is 4. The second-order valence-electron chi connectivity index (χ2n) is 8.51. The summed E-state index contributed by atoms with van der Waals surface area (Å²) in [5.74, 6) is -0.725. The predicted octanol–water partition coefficient (Wildman–Crippen LogP) is 3.33. The first-order valence-electron chi connectivity index (χ1n) is 11.0. The number of nitrogens with two attached hydrogens (primary N) is 1. The minimum atomic E-state index is -1.47. The van der Waals surface area contributed by atoms with Crippen LogP contribution in [0.25, 0.3) is 11.1 Å². The number of carbonyl (C=O) groups excluding carboxylic acids is 2. The van der Waals surface area contributed by atoms with Gasteiger partial charge in [-0.25, -0.2) is 9.98 Å². The number of benzene rings is 1. The standard InChI is InChI=1S/C25H24FN5O2/c1-3-31-14-18(13-20(31)21(32)15-9-10-15)25(23(33)30(2)24(27)29-25)17-7-4-6-16(12-17)19-8-5-11-28-22(19)26/h4-8,11-15H,3,9-10H2,1-2H3,(H2,27,29). The molecule has 1 aliphatic carbocycles. The lowest BCUT2D eigenvalue weighted by Crippen LogP contribution is -2.41. The lowest BCUT2D eigenvalue weighted by molar-refractivity contribution is -0.129. The smallest absolute Gasteiger partial charge is 0.266 e. The van der Waals surface area contributed by atoms with Crippen molar-refractivity contribution in [2.24, 2.45) is 16.6 Å². The van der Waals surface area contributed by atoms with Crippen LogP contribution < -0.4 is 5.73 Å². The minimum Gasteiger partial charge on any atom is -0.369 e. The largest absolute Gasteiger partial charge is 0.369 e. The number of pyridine rings is 1. The molecule has 3 heterocycles. The van der Waals surface area contributed by atoms with Crippen LogP contribution in [0, 0.1) is 11.9 Å². The molecule has 168 valence electrons. The summed E-state index contributed by atoms with van der Waals surface area (Å²) >= 11 is 0. The molecule has 5 rings (SSSR count). The third-order valence-electron chi connectivity index (χ3n) is 6.45. The Morgan fingerprint density at radius 2 is 2.00 bits per heavy atom. The van der Waals surface area contributed by atoms with Crippen LogP contribution in [0.15, 0.2) is 59.9 Å². The number of hydrogen-bond donors (Lipinski definition) is 1. The van der Waals surface area contributed by atoms with Crippen LogP contribution in [0.2, 0.25) is 0 Å². The van der Waals surface area contributed by atoms with Gasteiger partial charge in [0.15, 0.2) is 17.3 Å². The number of aliphatic imine (C=N–C) groups is 1. The van der Waals surface area contributed by atoms with Gasteiger partial charge in [-0.2, -0.15) is 4.39 Å². The summed E-state index contributed by atoms with van der Waals surface area (Å²) in [6, 6.07) is 12.1. The van der Waals surface area contributed by atoms with Gasteiger partial charge in [0.05, 0.1) is 5.69 Å². The van der Waals surface area contributed by atoms with Crippen molar-refractivity contribution in [3.8, 4) is 11.1 Å². The summed E-state index contributed by atoms with van der Waals surface area (Å²) in [6.45, 7) is 2.53. The number of aromatic nitrogens is 2. The van der Waals surface area contributed by atoms with E-state index in [1.165, 1.54) is 11.1 Å². The van der Waals surface area contributed by atoms with Gasteiger partial charge in [0.1, 0.15) is 0 Å². The monoisotopic (exact) mass is 445 g/mol. The third kappa shape index (κ3) is 3.25. The van der Waals surface area contributed by atoms with E-state index < -0.39 is 11.5 Å². The van der Waals surface area contributed by atoms with Gasteiger partial charge in [0.25, 0.3) is 5.91 Å². The first kappa shape index (κ1) is 21.1. The van der Waals surface area contributed by atoms with Crippen molar-refractivity contribution >= 4 is 17.6 Å². The van der Waals surface area contributed by atoms with Gasteiger partial charge in [0.2, 0.25) is 5.95 Å². The number of guanidine groups is 1. The molecule has 8 heteroatoms. The molecule has 1 fully saturated rings. The number of amides is 1. The van der Waals surface area contributed by atoms with E-state index in [9.17, 15) is 14.0 Å². The van der Waals surface area contributed by atoms with Crippen LogP contribution in [-0.4, -0.2) is 39.1 Å². The van der Waals surface area contributed by atoms with Crippen LogP contribution in [0.3, 0.4) is 0 Å². The summed E-state index contributed by atoms with van der Waals surface area (Å²) < 4.78 is 16.3. The van der Waals surface area contributed by atoms with Crippen LogP contribution in [0.5, 0.6) is 0 Å². The first-order chi connectivity index (χ1) is 15.9. The molecular weight excluding hydrogens is 421 g/mol. The van der Waals surface area contributed by atoms with Crippen molar-refractivity contribution in [1.82, 2.24) is 14.5 Å². The lowest BCUT2D eigenvalue weighted by atomic mass is 9.83. The first-order valence-corrected chi connectivity index (χ1v) is 11.0. The highest BCUT2D eigenvalue weighted by Crippen LogP contribution is 2.42. The van der Waals surface area contributed by atoms with Crippen molar-refractivity contribution in [2.75, 3.05) is 7.05 Å². The molecule has 1 saturated carbocycles. The van der Waals surface area contributed by atoms with Crippen molar-refractivity contribution in [3.63, 3.8) is 0 Å². The van der Waals surface area contributed by atoms with Gasteiger partial charge in [-0.15, -0.1) is 0 Å². The maximum absolute atomic E-state index is 14.4. The normalized spacial score (nSPS) is 20.3. The van der Waals surface area contributed by atoms with Crippen molar-refractivity contribution in [2.45, 2.75) is 31.8 Å². The van der Waals surface area contributed by atoms with Crippen LogP contribution in [0.1, 0.15) is 41.4 Å². The second-order valence-corrected chi connectivity index (χ2v) is 8.51. The molecule has 1 unspecified atom stereocenters. The van der Waals surface area contributed by atoms with Gasteiger partial charge in [-0.3, -0.25) is 14.5 Å². The molecule has 2 aromatic heterocycles. The lowest BCUT2D eigenvalue weighted by Gasteiger charge is -2.25. The molecule has 0 bridgehead atoms. The van der Waals surface area contributed by atoms with Crippen molar-refractivity contribution < 1.29 is 14.0 Å². The maximum Gasteiger partial charge on any atom is 0.266 e. The summed E-state index contributed by atoms with van der Waals surface area (Å²) in [5, 5.41) is 0. The molecular formula is C25H24FN5O2. The molecule has 0 saturated heterocycles. The third-order valence-corrected chi connectivity index (χ3v) is 6.45. The summed E-state index contributed by atoms with van der Waals surface area (Å²) in [5.41, 5.74) is 7.20. The Kier molecular flexibility index (Phi) is 4.88. The van der Waals surface area contributed by atoms with E-state index in [4.69, 9.17) is 5.73 Å². The van der Waals surface area contributed by atoms with Crippen LogP contribution in [-0.2, 0) is 16.9 Å². The van der Waals surface area contributed by atoms with Crippen LogP contribution >= 0.6 is 0 Å². The molecule has 7 nitrogen and oxygen atoms in total. The molecule has 1 aromatic carbocycles. The number of halogens is 1. The van der Waals surface area contributed by atoms with Gasteiger partial charge >= 0.3 is 0 Å². The van der Waals surface area contributed by atoms with E-state index in [2.05, 4.69) is 9.98 Å². The zero-order valence-corrected chi connectivity index (χ0v) is 18.5. The molecule has 2 N–H and O–H groups in total. The Morgan fingerprint density at radius 3 is 2.64 bits per heavy atom. The summed E-state index contributed by atoms with van der Waals surface area (Å²) in [7, 11) is 1.57. The fourth-order valence-corrected chi connectivity index (χ4v) is 4.43. The molecule has 0 radical (unpaired) electrons. The quantitative estimate of drug-likeness (QED) is 0.465. The second kappa shape index (κ2) is 7.65. The minimum absolute atomic E-state index is 0.0430. The van der Waals surface area contributed by atoms with E-state index in [0.29, 0.717) is 34.5 Å². The zero-order chi connectivity index (χ0) is 23.3. The maximum atomic E-state index is 14.4. The fourth-order valence-electron chi connectivity index (χ4n) is 4.43. The number of hydrogen-bond acceptors (Lipinski definition) is 5. The summed E-state index contributed by atoms with van der Waals surface area (Å²) in [4.78, 5) is 36.2. The highest BCUT2D eigenvalue weighted by Gasteiger charge is 2.50. The number of carbonyl (C=O) groups is 2. The SMILES string of the molecule is CCn1cc(C2(c3cccc(-c4cccnc4F)c3)N=C(N)N(C)C2=O)cc1C(=O)C1CC1. The van der Waals surface area contributed by atoms with Crippen LogP contribution in [0.4, 0.5) is 4.39 Å². The van der Waals surface area contributed by atoms with E-state index in [1.807, 2.05) is 11.5 Å². The Labute approximate surface area is 190 Å². The highest BCUT2D eigenvalue weighted by atomic mass is 19.1. The van der Waals surface area contributed by atoms with E-state index >= 15 is 0 Å². The molecule has 2 aliphatic rings. The van der Waals surface area contributed by atoms with Gasteiger partial charge < -0.3 is 10.3 Å². The number of ketones is 1. The summed E-state index contributed by atoms with van der Waals surface area (Å²) in [6.07, 6.45) is 4.97. The van der Waals surface area contributed by atoms with Gasteiger partial charge in [0, 0.05) is 43.0 Å². The number of aryl methyl sites for hydroxylation is 1. The van der Waals surface area contributed by atoms with E-state index in [1.54, 1.807) is 55.7 Å². The molecule has 0 spiro atoms. The predicted molar refractivity (Wildman–Crippen MR) is 122 cm³/mol. The van der Waals surface area contributed by atoms with E-state index in [0.717, 1.165) is 12.8 Å². The molecule has 1 atom stereocenters. The number of likely N-dealkylation sites (N-methyl/N-ethyl adjacent to an activating group) is 1. The fraction of sp³-hybridized carbons (Fsp3) is 0.280. The molecule has 1 aliphatic heterocycles. The number of Topliss-reactive ketones (excluding diaryl/α,β-unsaturated/α-hetero) is 1. The Bertz CT molecular complexity index is 1310. The Balaban J connectivity index is 1.71. The Morgan fingerprint density at radius 1 is 1.21 bits per heavy atom. The van der Waals surface area contributed by atoms with Crippen molar-refractivity contribution in [1.29, 1.82) is 0 Å². The number of rotatable bonds is 6. The molecule has 1 amide bonds.